The zero-order chi connectivity index (χ0) is 24.0. The average Bonchev–Trinajstić information content (AvgIpc) is 3.37. The highest BCUT2D eigenvalue weighted by molar-refractivity contribution is 7.99. The van der Waals surface area contributed by atoms with Gasteiger partial charge in [0, 0.05) is 61.4 Å². The molecule has 7 nitrogen and oxygen atoms in total. The lowest BCUT2D eigenvalue weighted by Crippen LogP contribution is -2.28. The normalized spacial score (nSPS) is 21.5. The van der Waals surface area contributed by atoms with Crippen molar-refractivity contribution >= 4 is 11.8 Å². The molecule has 6 rings (SSSR count). The Morgan fingerprint density at radius 3 is 2.86 bits per heavy atom. The second-order valence-electron chi connectivity index (χ2n) is 9.86. The molecule has 2 fully saturated rings. The van der Waals surface area contributed by atoms with Gasteiger partial charge in [-0.25, -0.2) is 4.39 Å². The number of aromatic nitrogens is 5. The Morgan fingerprint density at radius 1 is 1.23 bits per heavy atom. The monoisotopic (exact) mass is 492 g/mol. The van der Waals surface area contributed by atoms with Crippen molar-refractivity contribution in [3.05, 3.63) is 71.4 Å². The van der Waals surface area contributed by atoms with E-state index in [1.165, 1.54) is 12.0 Å². The number of fused-ring (bicyclic) bond motifs is 1. The molecule has 1 saturated carbocycles. The van der Waals surface area contributed by atoms with Crippen LogP contribution < -0.4 is 0 Å². The number of benzene rings is 1. The Balaban J connectivity index is 1.02. The maximum Gasteiger partial charge on any atom is 0.207 e. The third-order valence-corrected chi connectivity index (χ3v) is 8.61. The Morgan fingerprint density at radius 2 is 2.09 bits per heavy atom. The number of likely N-dealkylation sites (tertiary alicyclic amines) is 1. The fourth-order valence-corrected chi connectivity index (χ4v) is 6.29. The molecule has 0 N–H and O–H groups in total. The van der Waals surface area contributed by atoms with Crippen molar-refractivity contribution in [1.82, 2.24) is 29.4 Å². The van der Waals surface area contributed by atoms with Gasteiger partial charge >= 0.3 is 0 Å². The van der Waals surface area contributed by atoms with Crippen molar-refractivity contribution in [2.45, 2.75) is 36.9 Å². The lowest BCUT2D eigenvalue weighted by molar-refractivity contribution is 0.299. The number of piperidine rings is 1. The van der Waals surface area contributed by atoms with E-state index in [2.05, 4.69) is 26.3 Å². The summed E-state index contributed by atoms with van der Waals surface area (Å²) in [5.41, 5.74) is 3.01. The molecular formula is C26H29FN6OS. The topological polar surface area (TPSA) is 64.9 Å². The number of nitrogens with zero attached hydrogens (tertiary/aromatic N) is 6. The molecule has 0 radical (unpaired) electrons. The van der Waals surface area contributed by atoms with E-state index in [1.54, 1.807) is 24.0 Å². The molecular weight excluding hydrogens is 463 g/mol. The van der Waals surface area contributed by atoms with Crippen LogP contribution in [0.3, 0.4) is 0 Å². The number of halogens is 1. The van der Waals surface area contributed by atoms with Gasteiger partial charge in [0.25, 0.3) is 0 Å². The molecule has 1 saturated heterocycles. The molecule has 1 aromatic carbocycles. The molecule has 2 unspecified atom stereocenters. The first-order valence-electron chi connectivity index (χ1n) is 12.1. The molecule has 2 atom stereocenters. The van der Waals surface area contributed by atoms with Crippen molar-refractivity contribution < 1.29 is 8.91 Å². The molecule has 2 aliphatic rings. The van der Waals surface area contributed by atoms with E-state index in [1.807, 2.05) is 53.7 Å². The molecule has 1 aliphatic heterocycles. The minimum atomic E-state index is -0.0883. The summed E-state index contributed by atoms with van der Waals surface area (Å²) in [5.74, 6) is 2.90. The summed E-state index contributed by atoms with van der Waals surface area (Å²) in [6.45, 7) is 5.71. The molecule has 0 amide bonds. The minimum absolute atomic E-state index is 0.0883. The van der Waals surface area contributed by atoms with E-state index in [0.717, 1.165) is 48.1 Å². The zero-order valence-corrected chi connectivity index (χ0v) is 20.8. The summed E-state index contributed by atoms with van der Waals surface area (Å²) >= 11 is 1.72. The lowest BCUT2D eigenvalue weighted by atomic mass is 9.93. The van der Waals surface area contributed by atoms with Gasteiger partial charge in [-0.1, -0.05) is 29.1 Å². The van der Waals surface area contributed by atoms with Crippen molar-refractivity contribution in [2.75, 3.05) is 25.4 Å². The SMILES string of the molecule is Cc1cnoc1-c1nnc(SCCCN2CC3CC3(c3ccc(Cn4cccc4)c(F)c3)C2)n1C. The maximum atomic E-state index is 14.9. The van der Waals surface area contributed by atoms with E-state index in [4.69, 9.17) is 4.52 Å². The van der Waals surface area contributed by atoms with E-state index in [-0.39, 0.29) is 11.2 Å². The number of hydrogen-bond acceptors (Lipinski definition) is 6. The van der Waals surface area contributed by atoms with Gasteiger partial charge in [0.05, 0.1) is 6.20 Å². The molecule has 9 heteroatoms. The lowest BCUT2D eigenvalue weighted by Gasteiger charge is -2.21. The van der Waals surface area contributed by atoms with Gasteiger partial charge in [-0.05, 0) is 56.0 Å². The Labute approximate surface area is 208 Å². The third kappa shape index (κ3) is 4.21. The Kier molecular flexibility index (Phi) is 5.76. The van der Waals surface area contributed by atoms with Crippen molar-refractivity contribution in [3.63, 3.8) is 0 Å². The summed E-state index contributed by atoms with van der Waals surface area (Å²) in [4.78, 5) is 2.54. The number of hydrogen-bond donors (Lipinski definition) is 0. The van der Waals surface area contributed by atoms with Crippen LogP contribution in [-0.2, 0) is 19.0 Å². The predicted octanol–water partition coefficient (Wildman–Crippen LogP) is 4.52. The highest BCUT2D eigenvalue weighted by Crippen LogP contribution is 2.59. The molecule has 4 heterocycles. The summed E-state index contributed by atoms with van der Waals surface area (Å²) in [6.07, 6.45) is 7.88. The van der Waals surface area contributed by atoms with Gasteiger partial charge in [-0.15, -0.1) is 10.2 Å². The molecule has 0 spiro atoms. The van der Waals surface area contributed by atoms with Crippen LogP contribution in [0.25, 0.3) is 11.6 Å². The smallest absolute Gasteiger partial charge is 0.207 e. The summed E-state index contributed by atoms with van der Waals surface area (Å²) in [5, 5.41) is 13.3. The van der Waals surface area contributed by atoms with E-state index >= 15 is 0 Å². The molecule has 0 bridgehead atoms. The first kappa shape index (κ1) is 22.5. The fourth-order valence-electron chi connectivity index (χ4n) is 5.46. The first-order valence-corrected chi connectivity index (χ1v) is 13.1. The van der Waals surface area contributed by atoms with E-state index < -0.39 is 0 Å². The van der Waals surface area contributed by atoms with E-state index in [0.29, 0.717) is 24.0 Å². The Hall–Kier alpha value is -2.91. The molecule has 3 aromatic heterocycles. The van der Waals surface area contributed by atoms with Gasteiger partial charge in [0.1, 0.15) is 5.82 Å². The second-order valence-corrected chi connectivity index (χ2v) is 10.9. The van der Waals surface area contributed by atoms with Crippen LogP contribution in [-0.4, -0.2) is 54.8 Å². The predicted molar refractivity (Wildman–Crippen MR) is 133 cm³/mol. The quantitative estimate of drug-likeness (QED) is 0.253. The van der Waals surface area contributed by atoms with Crippen LogP contribution in [0.2, 0.25) is 0 Å². The standard InChI is InChI=1S/C26H29FN6OS/c1-18-14-28-34-23(18)24-29-30-25(31(24)2)35-11-5-10-33-16-21-13-26(21,17-33)20-7-6-19(22(27)12-20)15-32-8-3-4-9-32/h3-4,6-9,12,14,21H,5,10-11,13,15-17H2,1-2H3. The van der Waals surface area contributed by atoms with Gasteiger partial charge in [-0.3, -0.25) is 0 Å². The first-order chi connectivity index (χ1) is 17.0. The molecule has 35 heavy (non-hydrogen) atoms. The van der Waals surface area contributed by atoms with Crippen LogP contribution in [0.5, 0.6) is 0 Å². The third-order valence-electron chi connectivity index (χ3n) is 7.50. The largest absolute Gasteiger partial charge is 0.353 e. The van der Waals surface area contributed by atoms with E-state index in [9.17, 15) is 4.39 Å². The molecule has 182 valence electrons. The van der Waals surface area contributed by atoms with Crippen molar-refractivity contribution in [3.8, 4) is 11.6 Å². The Bertz CT molecular complexity index is 1330. The summed E-state index contributed by atoms with van der Waals surface area (Å²) in [6, 6.07) is 9.86. The van der Waals surface area contributed by atoms with Gasteiger partial charge in [0.15, 0.2) is 5.16 Å². The van der Waals surface area contributed by atoms with Crippen molar-refractivity contribution in [2.24, 2.45) is 13.0 Å². The fraction of sp³-hybridized carbons (Fsp3) is 0.423. The van der Waals surface area contributed by atoms with Crippen LogP contribution >= 0.6 is 11.8 Å². The number of rotatable bonds is 9. The van der Waals surface area contributed by atoms with Gasteiger partial charge in [0.2, 0.25) is 11.6 Å². The number of thioether (sulfide) groups is 1. The van der Waals surface area contributed by atoms with Gasteiger partial charge in [-0.2, -0.15) is 0 Å². The minimum Gasteiger partial charge on any atom is -0.353 e. The number of aryl methyl sites for hydroxylation is 1. The van der Waals surface area contributed by atoms with Gasteiger partial charge < -0.3 is 18.6 Å². The van der Waals surface area contributed by atoms with Crippen LogP contribution in [0.15, 0.2) is 58.6 Å². The molecule has 4 aromatic rings. The second kappa shape index (κ2) is 8.95. The van der Waals surface area contributed by atoms with Crippen LogP contribution in [0, 0.1) is 18.7 Å². The van der Waals surface area contributed by atoms with Crippen molar-refractivity contribution in [1.29, 1.82) is 0 Å². The summed E-state index contributed by atoms with van der Waals surface area (Å²) in [7, 11) is 1.96. The van der Waals surface area contributed by atoms with Crippen LogP contribution in [0.1, 0.15) is 29.5 Å². The summed E-state index contributed by atoms with van der Waals surface area (Å²) < 4.78 is 24.2. The maximum absolute atomic E-state index is 14.9. The van der Waals surface area contributed by atoms with Crippen LogP contribution in [0.4, 0.5) is 4.39 Å². The zero-order valence-electron chi connectivity index (χ0n) is 20.0. The highest BCUT2D eigenvalue weighted by Gasteiger charge is 2.60. The molecule has 1 aliphatic carbocycles. The average molecular weight is 493 g/mol. The highest BCUT2D eigenvalue weighted by atomic mass is 32.2.